The molecule has 2 amide bonds. The zero-order valence-electron chi connectivity index (χ0n) is 21.1. The second-order valence-electron chi connectivity index (χ2n) is 9.58. The molecule has 1 aliphatic heterocycles. The molecule has 1 aliphatic rings. The molecule has 0 atom stereocenters. The lowest BCUT2D eigenvalue weighted by Gasteiger charge is -2.21. The molecule has 4 rings (SSSR count). The summed E-state index contributed by atoms with van der Waals surface area (Å²) in [6, 6.07) is 12.3. The number of hydrogen-bond donors (Lipinski definition) is 0. The van der Waals surface area contributed by atoms with E-state index in [1.54, 1.807) is 64.5 Å². The summed E-state index contributed by atoms with van der Waals surface area (Å²) >= 11 is 0. The van der Waals surface area contributed by atoms with E-state index in [1.165, 1.54) is 4.90 Å². The van der Waals surface area contributed by atoms with Crippen molar-refractivity contribution in [1.82, 2.24) is 14.5 Å². The quantitative estimate of drug-likeness (QED) is 0.275. The molecule has 0 spiro atoms. The highest BCUT2D eigenvalue weighted by atomic mass is 16.6. The van der Waals surface area contributed by atoms with Crippen molar-refractivity contribution in [3.8, 4) is 11.4 Å². The van der Waals surface area contributed by atoms with E-state index in [9.17, 15) is 14.4 Å². The number of methoxy groups -OCH3 is 1. The summed E-state index contributed by atoms with van der Waals surface area (Å²) in [6.45, 7) is 7.33. The number of ether oxygens (including phenoxy) is 2. The van der Waals surface area contributed by atoms with Gasteiger partial charge in [0.1, 0.15) is 11.4 Å². The standard InChI is InChI=1S/C28H29N3O5/c1-18-16-30(17-29-18)23-11-10-19(15-24(23)35-5)14-20(27(34)36-28(2,3)4)12-13-31-25(32)21-8-6-7-9-22(21)26(31)33/h6-11,14-17H,12-13H2,1-5H3/b20-14+. The van der Waals surface area contributed by atoms with Crippen LogP contribution in [0.3, 0.4) is 0 Å². The number of imidazole rings is 1. The van der Waals surface area contributed by atoms with Crippen LogP contribution in [-0.4, -0.2) is 51.5 Å². The first-order chi connectivity index (χ1) is 17.1. The summed E-state index contributed by atoms with van der Waals surface area (Å²) in [6.07, 6.45) is 5.45. The van der Waals surface area contributed by atoms with Gasteiger partial charge < -0.3 is 14.0 Å². The normalized spacial score (nSPS) is 13.7. The van der Waals surface area contributed by atoms with Crippen molar-refractivity contribution in [2.45, 2.75) is 39.7 Å². The van der Waals surface area contributed by atoms with Gasteiger partial charge in [-0.3, -0.25) is 14.5 Å². The lowest BCUT2D eigenvalue weighted by molar-refractivity contribution is -0.150. The van der Waals surface area contributed by atoms with Gasteiger partial charge in [-0.25, -0.2) is 9.78 Å². The first-order valence-corrected chi connectivity index (χ1v) is 11.7. The van der Waals surface area contributed by atoms with E-state index in [1.807, 2.05) is 35.9 Å². The fourth-order valence-corrected chi connectivity index (χ4v) is 4.00. The van der Waals surface area contributed by atoms with Crippen molar-refractivity contribution in [2.24, 2.45) is 0 Å². The molecule has 36 heavy (non-hydrogen) atoms. The monoisotopic (exact) mass is 487 g/mol. The molecular weight excluding hydrogens is 458 g/mol. The molecule has 0 saturated carbocycles. The number of amides is 2. The minimum atomic E-state index is -0.702. The van der Waals surface area contributed by atoms with Crippen molar-refractivity contribution in [1.29, 1.82) is 0 Å². The van der Waals surface area contributed by atoms with Crippen molar-refractivity contribution in [3.63, 3.8) is 0 Å². The Balaban J connectivity index is 1.62. The van der Waals surface area contributed by atoms with Gasteiger partial charge in [-0.15, -0.1) is 0 Å². The number of fused-ring (bicyclic) bond motifs is 1. The number of aryl methyl sites for hydroxylation is 1. The first kappa shape index (κ1) is 24.9. The highest BCUT2D eigenvalue weighted by Gasteiger charge is 2.35. The smallest absolute Gasteiger partial charge is 0.334 e. The third kappa shape index (κ3) is 5.22. The number of carbonyl (C=O) groups is 3. The third-order valence-corrected chi connectivity index (χ3v) is 5.68. The maximum Gasteiger partial charge on any atom is 0.334 e. The predicted molar refractivity (Wildman–Crippen MR) is 135 cm³/mol. The van der Waals surface area contributed by atoms with E-state index >= 15 is 0 Å². The van der Waals surface area contributed by atoms with Crippen LogP contribution < -0.4 is 4.74 Å². The fraction of sp³-hybridized carbons (Fsp3) is 0.286. The molecule has 0 bridgehead atoms. The highest BCUT2D eigenvalue weighted by Crippen LogP contribution is 2.28. The molecule has 1 aromatic heterocycles. The van der Waals surface area contributed by atoms with E-state index in [2.05, 4.69) is 4.98 Å². The van der Waals surface area contributed by atoms with Gasteiger partial charge >= 0.3 is 5.97 Å². The Labute approximate surface area is 210 Å². The van der Waals surface area contributed by atoms with Crippen LogP contribution >= 0.6 is 0 Å². The number of rotatable bonds is 7. The number of aromatic nitrogens is 2. The summed E-state index contributed by atoms with van der Waals surface area (Å²) < 4.78 is 13.1. The van der Waals surface area contributed by atoms with Gasteiger partial charge in [0.2, 0.25) is 0 Å². The molecule has 0 unspecified atom stereocenters. The Morgan fingerprint density at radius 2 is 1.72 bits per heavy atom. The van der Waals surface area contributed by atoms with E-state index in [0.717, 1.165) is 16.9 Å². The van der Waals surface area contributed by atoms with E-state index in [-0.39, 0.29) is 24.8 Å². The molecule has 2 aromatic carbocycles. The van der Waals surface area contributed by atoms with Gasteiger partial charge in [0.15, 0.2) is 0 Å². The van der Waals surface area contributed by atoms with Gasteiger partial charge in [-0.05, 0) is 70.0 Å². The average molecular weight is 488 g/mol. The molecule has 0 radical (unpaired) electrons. The average Bonchev–Trinajstić information content (AvgIpc) is 3.37. The molecule has 0 aliphatic carbocycles. The molecule has 3 aromatic rings. The molecule has 186 valence electrons. The maximum absolute atomic E-state index is 13.1. The van der Waals surface area contributed by atoms with Crippen LogP contribution in [0.2, 0.25) is 0 Å². The van der Waals surface area contributed by atoms with Crippen LogP contribution in [-0.2, 0) is 9.53 Å². The van der Waals surface area contributed by atoms with Crippen molar-refractivity contribution in [2.75, 3.05) is 13.7 Å². The van der Waals surface area contributed by atoms with Crippen molar-refractivity contribution < 1.29 is 23.9 Å². The second kappa shape index (κ2) is 9.81. The molecule has 8 nitrogen and oxygen atoms in total. The minimum Gasteiger partial charge on any atom is -0.495 e. The Bertz CT molecular complexity index is 1330. The Kier molecular flexibility index (Phi) is 6.79. The van der Waals surface area contributed by atoms with Crippen LogP contribution in [0, 0.1) is 6.92 Å². The van der Waals surface area contributed by atoms with Crippen LogP contribution in [0.4, 0.5) is 0 Å². The summed E-state index contributed by atoms with van der Waals surface area (Å²) in [5.74, 6) is -0.626. The molecule has 8 heteroatoms. The maximum atomic E-state index is 13.1. The predicted octanol–water partition coefficient (Wildman–Crippen LogP) is 4.60. The van der Waals surface area contributed by atoms with Gasteiger partial charge in [0.05, 0.1) is 35.9 Å². The topological polar surface area (TPSA) is 90.7 Å². The summed E-state index contributed by atoms with van der Waals surface area (Å²) in [7, 11) is 1.58. The molecule has 0 N–H and O–H groups in total. The molecule has 0 saturated heterocycles. The van der Waals surface area contributed by atoms with Gasteiger partial charge in [-0.1, -0.05) is 18.2 Å². The fourth-order valence-electron chi connectivity index (χ4n) is 4.00. The Morgan fingerprint density at radius 1 is 1.06 bits per heavy atom. The molecule has 0 fully saturated rings. The zero-order valence-corrected chi connectivity index (χ0v) is 21.1. The van der Waals surface area contributed by atoms with Gasteiger partial charge in [0.25, 0.3) is 11.8 Å². The SMILES string of the molecule is COc1cc(/C=C(\CCN2C(=O)c3ccccc3C2=O)C(=O)OC(C)(C)C)ccc1-n1cnc(C)c1. The number of benzene rings is 2. The van der Waals surface area contributed by atoms with Crippen LogP contribution in [0.5, 0.6) is 5.75 Å². The lowest BCUT2D eigenvalue weighted by Crippen LogP contribution is -2.32. The van der Waals surface area contributed by atoms with Gasteiger partial charge in [0, 0.05) is 18.3 Å². The number of imide groups is 1. The van der Waals surface area contributed by atoms with Crippen LogP contribution in [0.25, 0.3) is 11.8 Å². The third-order valence-electron chi connectivity index (χ3n) is 5.68. The Hall–Kier alpha value is -4.20. The van der Waals surface area contributed by atoms with Crippen LogP contribution in [0.15, 0.2) is 60.6 Å². The Morgan fingerprint density at radius 3 is 2.28 bits per heavy atom. The summed E-state index contributed by atoms with van der Waals surface area (Å²) in [5, 5.41) is 0. The zero-order chi connectivity index (χ0) is 26.0. The number of carbonyl (C=O) groups excluding carboxylic acids is 3. The molecular formula is C28H29N3O5. The van der Waals surface area contributed by atoms with Crippen LogP contribution in [0.1, 0.15) is 59.2 Å². The van der Waals surface area contributed by atoms with E-state index in [4.69, 9.17) is 9.47 Å². The molecule has 2 heterocycles. The number of nitrogens with zero attached hydrogens (tertiary/aromatic N) is 3. The summed E-state index contributed by atoms with van der Waals surface area (Å²) in [4.78, 5) is 44.1. The lowest BCUT2D eigenvalue weighted by atomic mass is 10.1. The number of esters is 1. The second-order valence-corrected chi connectivity index (χ2v) is 9.58. The highest BCUT2D eigenvalue weighted by molar-refractivity contribution is 6.21. The number of hydrogen-bond acceptors (Lipinski definition) is 6. The van der Waals surface area contributed by atoms with E-state index in [0.29, 0.717) is 22.4 Å². The summed E-state index contributed by atoms with van der Waals surface area (Å²) in [5.41, 5.74) is 2.79. The van der Waals surface area contributed by atoms with Crippen molar-refractivity contribution in [3.05, 3.63) is 82.9 Å². The van der Waals surface area contributed by atoms with Gasteiger partial charge in [-0.2, -0.15) is 0 Å². The largest absolute Gasteiger partial charge is 0.495 e. The minimum absolute atomic E-state index is 0.0565. The van der Waals surface area contributed by atoms with Crippen molar-refractivity contribution >= 4 is 23.9 Å². The van der Waals surface area contributed by atoms with E-state index < -0.39 is 11.6 Å². The first-order valence-electron chi connectivity index (χ1n) is 11.7.